The van der Waals surface area contributed by atoms with Crippen LogP contribution in [0.25, 0.3) is 43.5 Å². The highest BCUT2D eigenvalue weighted by molar-refractivity contribution is 8.00. The molecule has 2 aliphatic heterocycles. The van der Waals surface area contributed by atoms with Crippen molar-refractivity contribution in [1.82, 2.24) is 5.32 Å². The Balaban J connectivity index is 0.944. The topological polar surface area (TPSA) is 49.9 Å². The highest BCUT2D eigenvalue weighted by Crippen LogP contribution is 2.54. The van der Waals surface area contributed by atoms with Crippen LogP contribution in [-0.2, 0) is 11.8 Å². The molecule has 1 aromatic heterocycles. The third kappa shape index (κ3) is 6.58. The van der Waals surface area contributed by atoms with Crippen LogP contribution in [0.1, 0.15) is 78.1 Å². The fourth-order valence-electron chi connectivity index (χ4n) is 11.6. The SMILES string of the molecule is CC12C=CC=CC1Sc1cccc(C3N=C(c4c(CCCC5=CC6=CC=CCC6CC5c5ccc6ccccc6c5)ccc5c4oc4ccccc45)N=C(c4cccc5ccccc45)N3)c12. The lowest BCUT2D eigenvalue weighted by molar-refractivity contribution is 0.496. The van der Waals surface area contributed by atoms with Crippen molar-refractivity contribution >= 4 is 66.9 Å². The molecule has 3 heterocycles. The number of amidine groups is 2. The number of nitrogens with one attached hydrogen (secondary N) is 1. The minimum absolute atomic E-state index is 0.163. The number of para-hydroxylation sites is 1. The Morgan fingerprint density at radius 3 is 2.53 bits per heavy atom. The van der Waals surface area contributed by atoms with Crippen molar-refractivity contribution in [2.24, 2.45) is 15.9 Å². The fraction of sp³-hybridized carbons (Fsp3) is 0.180. The van der Waals surface area contributed by atoms with E-state index in [-0.39, 0.29) is 11.6 Å². The molecule has 0 spiro atoms. The number of furan rings is 1. The van der Waals surface area contributed by atoms with Gasteiger partial charge in [0.2, 0.25) is 0 Å². The van der Waals surface area contributed by atoms with Crippen molar-refractivity contribution in [1.29, 1.82) is 0 Å². The highest BCUT2D eigenvalue weighted by atomic mass is 32.2. The minimum Gasteiger partial charge on any atom is -0.455 e. The molecule has 8 aromatic rings. The largest absolute Gasteiger partial charge is 0.455 e. The standard InChI is InChI=1S/C61H49N3OS/c1-61-34-11-10-29-54(61)66-53-28-14-26-50(56(53)61)59-62-58(49-25-13-20-39-16-6-7-23-46(39)49)63-60(64-59)55-40(32-33-48-47-24-8-9-27-52(47)65-57(48)55)21-12-22-44-36-42-18-4-5-19-43(42)37-51(44)45-31-30-38-15-2-3-17-41(38)35-45/h2-11,13-18,20,23-36,43,51,54,59H,12,19,21-22,37H2,1H3,(H,62,63,64). The molecule has 0 saturated carbocycles. The Morgan fingerprint density at radius 2 is 1.59 bits per heavy atom. The van der Waals surface area contributed by atoms with E-state index >= 15 is 0 Å². The molecule has 13 rings (SSSR count). The molecule has 5 aliphatic rings. The maximum atomic E-state index is 6.94. The molecule has 3 aliphatic carbocycles. The number of nitrogens with zero attached hydrogens (tertiary/aromatic N) is 2. The molecule has 0 radical (unpaired) electrons. The number of fused-ring (bicyclic) bond motifs is 9. The van der Waals surface area contributed by atoms with Gasteiger partial charge in [-0.05, 0) is 94.0 Å². The second kappa shape index (κ2) is 15.9. The van der Waals surface area contributed by atoms with E-state index < -0.39 is 0 Å². The van der Waals surface area contributed by atoms with Crippen molar-refractivity contribution in [3.05, 3.63) is 233 Å². The number of rotatable bonds is 8. The van der Waals surface area contributed by atoms with Crippen molar-refractivity contribution in [3.63, 3.8) is 0 Å². The van der Waals surface area contributed by atoms with Gasteiger partial charge in [0.1, 0.15) is 23.2 Å². The van der Waals surface area contributed by atoms with Gasteiger partial charge in [-0.15, -0.1) is 11.8 Å². The molecule has 0 bridgehead atoms. The Labute approximate surface area is 390 Å². The summed E-state index contributed by atoms with van der Waals surface area (Å²) in [5.41, 5.74) is 11.8. The van der Waals surface area contributed by atoms with E-state index in [0.717, 1.165) is 76.4 Å². The Bertz CT molecular complexity index is 3520. The first kappa shape index (κ1) is 39.4. The normalized spacial score (nSPS) is 23.0. The predicted octanol–water partition coefficient (Wildman–Crippen LogP) is 15.2. The van der Waals surface area contributed by atoms with Crippen molar-refractivity contribution in [2.75, 3.05) is 0 Å². The van der Waals surface area contributed by atoms with Crippen molar-refractivity contribution in [3.8, 4) is 0 Å². The van der Waals surface area contributed by atoms with Crippen LogP contribution in [0.15, 0.2) is 219 Å². The molecule has 5 heteroatoms. The maximum absolute atomic E-state index is 6.94. The first-order valence-corrected chi connectivity index (χ1v) is 24.5. The van der Waals surface area contributed by atoms with Gasteiger partial charge in [-0.1, -0.05) is 188 Å². The third-order valence-electron chi connectivity index (χ3n) is 14.9. The smallest absolute Gasteiger partial charge is 0.163 e. The molecule has 1 N–H and O–H groups in total. The molecule has 5 atom stereocenters. The van der Waals surface area contributed by atoms with Crippen LogP contribution < -0.4 is 5.32 Å². The summed E-state index contributed by atoms with van der Waals surface area (Å²) in [7, 11) is 0. The molecular weight excluding hydrogens is 823 g/mol. The van der Waals surface area contributed by atoms with Gasteiger partial charge in [-0.25, -0.2) is 9.98 Å². The second-order valence-corrected chi connectivity index (χ2v) is 20.0. The molecule has 4 nitrogen and oxygen atoms in total. The van der Waals surface area contributed by atoms with Crippen LogP contribution in [0.2, 0.25) is 0 Å². The quantitative estimate of drug-likeness (QED) is 0.165. The van der Waals surface area contributed by atoms with Crippen LogP contribution in [0.4, 0.5) is 0 Å². The van der Waals surface area contributed by atoms with Gasteiger partial charge in [-0.2, -0.15) is 0 Å². The zero-order valence-electron chi connectivity index (χ0n) is 37.0. The van der Waals surface area contributed by atoms with Gasteiger partial charge in [0.25, 0.3) is 0 Å². The molecule has 0 fully saturated rings. The molecular formula is C61H49N3OS. The third-order valence-corrected chi connectivity index (χ3v) is 16.4. The molecule has 7 aromatic carbocycles. The monoisotopic (exact) mass is 871 g/mol. The Kier molecular flexibility index (Phi) is 9.49. The van der Waals surface area contributed by atoms with Gasteiger partial charge >= 0.3 is 0 Å². The van der Waals surface area contributed by atoms with Crippen LogP contribution in [0.3, 0.4) is 0 Å². The zero-order chi connectivity index (χ0) is 43.8. The van der Waals surface area contributed by atoms with E-state index in [9.17, 15) is 0 Å². The van der Waals surface area contributed by atoms with E-state index in [1.54, 1.807) is 0 Å². The molecule has 0 amide bonds. The highest BCUT2D eigenvalue weighted by Gasteiger charge is 2.45. The first-order chi connectivity index (χ1) is 32.6. The lowest BCUT2D eigenvalue weighted by Crippen LogP contribution is -2.36. The number of thioether (sulfide) groups is 1. The zero-order valence-corrected chi connectivity index (χ0v) is 37.8. The average molecular weight is 872 g/mol. The van der Waals surface area contributed by atoms with Crippen LogP contribution in [0, 0.1) is 5.92 Å². The summed E-state index contributed by atoms with van der Waals surface area (Å²) in [5, 5.41) is 11.4. The number of benzene rings is 7. The van der Waals surface area contributed by atoms with E-state index in [4.69, 9.17) is 14.4 Å². The Morgan fingerprint density at radius 1 is 0.758 bits per heavy atom. The fourth-order valence-corrected chi connectivity index (χ4v) is 13.1. The summed E-state index contributed by atoms with van der Waals surface area (Å²) >= 11 is 1.95. The number of hydrogen-bond donors (Lipinski definition) is 1. The summed E-state index contributed by atoms with van der Waals surface area (Å²) in [6.07, 6.45) is 23.3. The molecule has 5 unspecified atom stereocenters. The maximum Gasteiger partial charge on any atom is 0.163 e. The average Bonchev–Trinajstić information content (AvgIpc) is 3.90. The van der Waals surface area contributed by atoms with E-state index in [1.165, 1.54) is 54.5 Å². The van der Waals surface area contributed by atoms with Crippen LogP contribution in [-0.4, -0.2) is 16.9 Å². The lowest BCUT2D eigenvalue weighted by Gasteiger charge is -2.33. The minimum atomic E-state index is -0.384. The van der Waals surface area contributed by atoms with Gasteiger partial charge < -0.3 is 9.73 Å². The molecule has 66 heavy (non-hydrogen) atoms. The van der Waals surface area contributed by atoms with Gasteiger partial charge in [-0.3, -0.25) is 0 Å². The summed E-state index contributed by atoms with van der Waals surface area (Å²) in [6, 6.07) is 50.8. The number of aryl methyl sites for hydroxylation is 1. The first-order valence-electron chi connectivity index (χ1n) is 23.6. The van der Waals surface area contributed by atoms with E-state index in [2.05, 4.69) is 200 Å². The van der Waals surface area contributed by atoms with Crippen LogP contribution in [0.5, 0.6) is 0 Å². The lowest BCUT2D eigenvalue weighted by atomic mass is 9.71. The van der Waals surface area contributed by atoms with Gasteiger partial charge in [0, 0.05) is 43.4 Å². The van der Waals surface area contributed by atoms with E-state index in [0.29, 0.717) is 22.9 Å². The second-order valence-electron chi connectivity index (χ2n) is 18.8. The number of allylic oxidation sites excluding steroid dienone is 9. The molecule has 320 valence electrons. The number of aliphatic imine (C=N–C) groups is 2. The summed E-state index contributed by atoms with van der Waals surface area (Å²) in [6.45, 7) is 2.38. The van der Waals surface area contributed by atoms with Crippen molar-refractivity contribution in [2.45, 2.75) is 66.7 Å². The van der Waals surface area contributed by atoms with Crippen molar-refractivity contribution < 1.29 is 4.42 Å². The van der Waals surface area contributed by atoms with Crippen LogP contribution >= 0.6 is 11.8 Å². The summed E-state index contributed by atoms with van der Waals surface area (Å²) in [5.74, 6) is 2.46. The Hall–Kier alpha value is -6.95. The number of hydrogen-bond acceptors (Lipinski definition) is 5. The van der Waals surface area contributed by atoms with Gasteiger partial charge in [0.05, 0.1) is 5.56 Å². The summed E-state index contributed by atoms with van der Waals surface area (Å²) < 4.78 is 6.94. The van der Waals surface area contributed by atoms with Gasteiger partial charge in [0.15, 0.2) is 5.84 Å². The summed E-state index contributed by atoms with van der Waals surface area (Å²) in [4.78, 5) is 12.6. The molecule has 0 saturated heterocycles. The predicted molar refractivity (Wildman–Crippen MR) is 276 cm³/mol. The van der Waals surface area contributed by atoms with E-state index in [1.807, 2.05) is 11.8 Å².